The molecule has 0 aromatic heterocycles. The maximum Gasteiger partial charge on any atom is 0.000251 e. The number of nitrogens with one attached hydrogen (secondary N) is 1. The molecule has 1 aromatic rings. The van der Waals surface area contributed by atoms with Gasteiger partial charge in [0.2, 0.25) is 0 Å². The Hall–Kier alpha value is -0.820. The SMILES string of the molecule is CCNCC(C)(C)CCc1ccc(C(C)CC)cc1. The highest BCUT2D eigenvalue weighted by Gasteiger charge is 2.16. The summed E-state index contributed by atoms with van der Waals surface area (Å²) < 4.78 is 0. The lowest BCUT2D eigenvalue weighted by molar-refractivity contribution is 0.318. The third kappa shape index (κ3) is 5.78. The van der Waals surface area contributed by atoms with Crippen molar-refractivity contribution < 1.29 is 0 Å². The Morgan fingerprint density at radius 3 is 2.26 bits per heavy atom. The molecule has 0 aliphatic rings. The molecule has 0 bridgehead atoms. The average Bonchev–Trinajstić information content (AvgIpc) is 2.43. The summed E-state index contributed by atoms with van der Waals surface area (Å²) >= 11 is 0. The van der Waals surface area contributed by atoms with E-state index in [4.69, 9.17) is 0 Å². The molecule has 0 heterocycles. The lowest BCUT2D eigenvalue weighted by atomic mass is 9.86. The molecular weight excluding hydrogens is 230 g/mol. The molecule has 0 amide bonds. The van der Waals surface area contributed by atoms with Gasteiger partial charge in [-0.05, 0) is 48.3 Å². The van der Waals surface area contributed by atoms with Crippen LogP contribution in [-0.2, 0) is 6.42 Å². The summed E-state index contributed by atoms with van der Waals surface area (Å²) in [7, 11) is 0. The fourth-order valence-electron chi connectivity index (χ4n) is 2.28. The monoisotopic (exact) mass is 261 g/mol. The Kier molecular flexibility index (Phi) is 6.57. The molecule has 1 aromatic carbocycles. The first-order chi connectivity index (χ1) is 8.98. The molecule has 1 nitrogen and oxygen atoms in total. The Morgan fingerprint density at radius 2 is 1.74 bits per heavy atom. The van der Waals surface area contributed by atoms with Gasteiger partial charge in [0.15, 0.2) is 0 Å². The first-order valence-corrected chi connectivity index (χ1v) is 7.78. The summed E-state index contributed by atoms with van der Waals surface area (Å²) in [5, 5.41) is 3.46. The molecule has 0 aliphatic heterocycles. The van der Waals surface area contributed by atoms with E-state index in [0.717, 1.165) is 13.1 Å². The Labute approximate surface area is 119 Å². The minimum absolute atomic E-state index is 0.380. The zero-order chi connectivity index (χ0) is 14.3. The summed E-state index contributed by atoms with van der Waals surface area (Å²) in [6.07, 6.45) is 3.64. The van der Waals surface area contributed by atoms with Crippen molar-refractivity contribution in [3.8, 4) is 0 Å². The quantitative estimate of drug-likeness (QED) is 0.711. The maximum absolute atomic E-state index is 3.46. The largest absolute Gasteiger partial charge is 0.316 e. The van der Waals surface area contributed by atoms with E-state index in [9.17, 15) is 0 Å². The van der Waals surface area contributed by atoms with Gasteiger partial charge in [-0.15, -0.1) is 0 Å². The highest BCUT2D eigenvalue weighted by atomic mass is 14.9. The van der Waals surface area contributed by atoms with Crippen molar-refractivity contribution in [2.75, 3.05) is 13.1 Å². The molecule has 1 unspecified atom stereocenters. The second-order valence-electron chi connectivity index (χ2n) is 6.50. The molecular formula is C18H31N. The molecule has 108 valence electrons. The number of rotatable bonds is 8. The van der Waals surface area contributed by atoms with Crippen molar-refractivity contribution in [1.82, 2.24) is 5.32 Å². The van der Waals surface area contributed by atoms with Crippen molar-refractivity contribution in [2.45, 2.75) is 59.8 Å². The van der Waals surface area contributed by atoms with Gasteiger partial charge in [0.25, 0.3) is 0 Å². The van der Waals surface area contributed by atoms with E-state index in [2.05, 4.69) is 64.2 Å². The average molecular weight is 261 g/mol. The molecule has 19 heavy (non-hydrogen) atoms. The van der Waals surface area contributed by atoms with Crippen LogP contribution < -0.4 is 5.32 Å². The second-order valence-corrected chi connectivity index (χ2v) is 6.50. The standard InChI is InChI=1S/C18H31N/c1-6-15(3)17-10-8-16(9-11-17)12-13-18(4,5)14-19-7-2/h8-11,15,19H,6-7,12-14H2,1-5H3. The molecule has 1 rings (SSSR count). The van der Waals surface area contributed by atoms with E-state index in [1.807, 2.05) is 0 Å². The van der Waals surface area contributed by atoms with Gasteiger partial charge in [-0.2, -0.15) is 0 Å². The van der Waals surface area contributed by atoms with Crippen LogP contribution in [0.4, 0.5) is 0 Å². The fourth-order valence-corrected chi connectivity index (χ4v) is 2.28. The van der Waals surface area contributed by atoms with E-state index in [-0.39, 0.29) is 0 Å². The lowest BCUT2D eigenvalue weighted by Crippen LogP contribution is -2.29. The predicted octanol–water partition coefficient (Wildman–Crippen LogP) is 4.77. The van der Waals surface area contributed by atoms with Crippen LogP contribution in [0.5, 0.6) is 0 Å². The van der Waals surface area contributed by atoms with Gasteiger partial charge in [0, 0.05) is 6.54 Å². The van der Waals surface area contributed by atoms with Crippen LogP contribution in [0.25, 0.3) is 0 Å². The van der Waals surface area contributed by atoms with Gasteiger partial charge in [0.05, 0.1) is 0 Å². The van der Waals surface area contributed by atoms with Gasteiger partial charge in [-0.3, -0.25) is 0 Å². The molecule has 1 N–H and O–H groups in total. The fraction of sp³-hybridized carbons (Fsp3) is 0.667. The Bertz CT molecular complexity index is 350. The first kappa shape index (κ1) is 16.2. The summed E-state index contributed by atoms with van der Waals surface area (Å²) in [5.41, 5.74) is 3.32. The van der Waals surface area contributed by atoms with E-state index in [1.54, 1.807) is 0 Å². The van der Waals surface area contributed by atoms with Gasteiger partial charge >= 0.3 is 0 Å². The highest BCUT2D eigenvalue weighted by molar-refractivity contribution is 5.25. The molecule has 0 radical (unpaired) electrons. The van der Waals surface area contributed by atoms with Crippen LogP contribution >= 0.6 is 0 Å². The Balaban J connectivity index is 2.49. The molecule has 0 saturated heterocycles. The van der Waals surface area contributed by atoms with Crippen molar-refractivity contribution in [2.24, 2.45) is 5.41 Å². The van der Waals surface area contributed by atoms with Crippen molar-refractivity contribution in [3.05, 3.63) is 35.4 Å². The van der Waals surface area contributed by atoms with E-state index in [1.165, 1.54) is 30.4 Å². The first-order valence-electron chi connectivity index (χ1n) is 7.78. The van der Waals surface area contributed by atoms with E-state index < -0.39 is 0 Å². The number of aryl methyl sites for hydroxylation is 1. The topological polar surface area (TPSA) is 12.0 Å². The van der Waals surface area contributed by atoms with Crippen LogP contribution in [0.15, 0.2) is 24.3 Å². The number of hydrogen-bond donors (Lipinski definition) is 1. The zero-order valence-electron chi connectivity index (χ0n) is 13.4. The number of hydrogen-bond acceptors (Lipinski definition) is 1. The van der Waals surface area contributed by atoms with Crippen molar-refractivity contribution in [1.29, 1.82) is 0 Å². The molecule has 0 saturated carbocycles. The van der Waals surface area contributed by atoms with Crippen LogP contribution in [0.3, 0.4) is 0 Å². The van der Waals surface area contributed by atoms with Crippen molar-refractivity contribution >= 4 is 0 Å². The van der Waals surface area contributed by atoms with Crippen LogP contribution in [0, 0.1) is 5.41 Å². The molecule has 1 atom stereocenters. The lowest BCUT2D eigenvalue weighted by Gasteiger charge is -2.25. The maximum atomic E-state index is 3.46. The van der Waals surface area contributed by atoms with Crippen LogP contribution in [0.2, 0.25) is 0 Å². The predicted molar refractivity (Wildman–Crippen MR) is 85.8 cm³/mol. The Morgan fingerprint density at radius 1 is 1.11 bits per heavy atom. The summed E-state index contributed by atoms with van der Waals surface area (Å²) in [4.78, 5) is 0. The third-order valence-electron chi connectivity index (χ3n) is 4.11. The van der Waals surface area contributed by atoms with Crippen molar-refractivity contribution in [3.63, 3.8) is 0 Å². The van der Waals surface area contributed by atoms with Gasteiger partial charge in [0.1, 0.15) is 0 Å². The highest BCUT2D eigenvalue weighted by Crippen LogP contribution is 2.23. The molecule has 1 heteroatoms. The van der Waals surface area contributed by atoms with Gasteiger partial charge < -0.3 is 5.32 Å². The van der Waals surface area contributed by atoms with Gasteiger partial charge in [-0.1, -0.05) is 58.9 Å². The molecule has 0 spiro atoms. The van der Waals surface area contributed by atoms with Gasteiger partial charge in [-0.25, -0.2) is 0 Å². The minimum Gasteiger partial charge on any atom is -0.316 e. The molecule has 0 fully saturated rings. The van der Waals surface area contributed by atoms with E-state index >= 15 is 0 Å². The zero-order valence-corrected chi connectivity index (χ0v) is 13.4. The second kappa shape index (κ2) is 7.69. The molecule has 0 aliphatic carbocycles. The smallest absolute Gasteiger partial charge is 0.000251 e. The van der Waals surface area contributed by atoms with Crippen LogP contribution in [-0.4, -0.2) is 13.1 Å². The normalized spacial score (nSPS) is 13.5. The summed E-state index contributed by atoms with van der Waals surface area (Å²) in [6, 6.07) is 9.23. The van der Waals surface area contributed by atoms with Crippen LogP contribution in [0.1, 0.15) is 64.5 Å². The summed E-state index contributed by atoms with van der Waals surface area (Å²) in [5.74, 6) is 0.680. The summed E-state index contributed by atoms with van der Waals surface area (Å²) in [6.45, 7) is 13.6. The van der Waals surface area contributed by atoms with E-state index in [0.29, 0.717) is 11.3 Å². The third-order valence-corrected chi connectivity index (χ3v) is 4.11. The minimum atomic E-state index is 0.380. The number of benzene rings is 1.